The van der Waals surface area contributed by atoms with Gasteiger partial charge in [0.05, 0.1) is 15.6 Å². The number of carbonyl (C=O) groups excluding carboxylic acids is 1. The Morgan fingerprint density at radius 1 is 1.35 bits per heavy atom. The fraction of sp³-hybridized carbons (Fsp3) is 0. The smallest absolute Gasteiger partial charge is 0.204 e. The maximum Gasteiger partial charge on any atom is 0.204 e. The first kappa shape index (κ1) is 12.9. The highest BCUT2D eigenvalue weighted by Gasteiger charge is 2.17. The lowest BCUT2D eigenvalue weighted by molar-refractivity contribution is 0.104. The largest absolute Gasteiger partial charge is 0.398 e. The fourth-order valence-electron chi connectivity index (χ4n) is 1.32. The highest BCUT2D eigenvalue weighted by atomic mass is 79.9. The van der Waals surface area contributed by atoms with Gasteiger partial charge in [0, 0.05) is 10.0 Å². The number of hydrogen-bond donors (Lipinski definition) is 1. The Morgan fingerprint density at radius 2 is 2.06 bits per heavy atom. The molecular weight excluding hydrogens is 345 g/mol. The SMILES string of the molecule is Nc1cccc(C(=O)c2cc(Br)c(Cl)s2)c1Cl. The molecule has 2 N–H and O–H groups in total. The second-order valence-electron chi connectivity index (χ2n) is 3.27. The third kappa shape index (κ3) is 2.50. The van der Waals surface area contributed by atoms with Gasteiger partial charge >= 0.3 is 0 Å². The summed E-state index contributed by atoms with van der Waals surface area (Å²) in [7, 11) is 0. The summed E-state index contributed by atoms with van der Waals surface area (Å²) in [6.45, 7) is 0. The number of benzene rings is 1. The number of anilines is 1. The molecule has 0 fully saturated rings. The molecule has 2 rings (SSSR count). The molecular formula is C11H6BrCl2NOS. The van der Waals surface area contributed by atoms with Crippen LogP contribution in [0.4, 0.5) is 5.69 Å². The second-order valence-corrected chi connectivity index (χ2v) is 6.16. The monoisotopic (exact) mass is 349 g/mol. The summed E-state index contributed by atoms with van der Waals surface area (Å²) in [6.07, 6.45) is 0. The van der Waals surface area contributed by atoms with Crippen molar-refractivity contribution in [1.29, 1.82) is 0 Å². The Bertz CT molecular complexity index is 578. The molecule has 0 radical (unpaired) electrons. The summed E-state index contributed by atoms with van der Waals surface area (Å²) in [6, 6.07) is 6.66. The zero-order chi connectivity index (χ0) is 12.6. The summed E-state index contributed by atoms with van der Waals surface area (Å²) < 4.78 is 1.24. The zero-order valence-corrected chi connectivity index (χ0v) is 12.3. The second kappa shape index (κ2) is 4.98. The van der Waals surface area contributed by atoms with Gasteiger partial charge in [-0.05, 0) is 34.1 Å². The van der Waals surface area contributed by atoms with E-state index in [0.29, 0.717) is 24.9 Å². The van der Waals surface area contributed by atoms with E-state index in [2.05, 4.69) is 15.9 Å². The lowest BCUT2D eigenvalue weighted by atomic mass is 10.1. The van der Waals surface area contributed by atoms with Crippen molar-refractivity contribution in [2.75, 3.05) is 5.73 Å². The Kier molecular flexibility index (Phi) is 3.78. The molecule has 0 atom stereocenters. The molecule has 1 aromatic carbocycles. The van der Waals surface area contributed by atoms with Gasteiger partial charge in [-0.2, -0.15) is 0 Å². The van der Waals surface area contributed by atoms with Crippen molar-refractivity contribution in [3.63, 3.8) is 0 Å². The predicted molar refractivity (Wildman–Crippen MR) is 76.3 cm³/mol. The van der Waals surface area contributed by atoms with Crippen molar-refractivity contribution in [3.05, 3.63) is 48.5 Å². The van der Waals surface area contributed by atoms with Crippen LogP contribution in [0.2, 0.25) is 9.36 Å². The van der Waals surface area contributed by atoms with Crippen LogP contribution in [0.25, 0.3) is 0 Å². The van der Waals surface area contributed by atoms with Crippen LogP contribution in [-0.2, 0) is 0 Å². The van der Waals surface area contributed by atoms with Crippen LogP contribution >= 0.6 is 50.5 Å². The van der Waals surface area contributed by atoms with E-state index in [1.54, 1.807) is 24.3 Å². The Labute approximate surface area is 120 Å². The van der Waals surface area contributed by atoms with E-state index in [1.165, 1.54) is 11.3 Å². The number of hydrogen-bond acceptors (Lipinski definition) is 3. The highest BCUT2D eigenvalue weighted by molar-refractivity contribution is 9.10. The standard InChI is InChI=1S/C11H6BrCl2NOS/c12-6-4-8(17-11(6)14)10(16)5-2-1-3-7(15)9(5)13/h1-4H,15H2. The Balaban J connectivity index is 2.47. The Hall–Kier alpha value is -0.550. The average molecular weight is 351 g/mol. The lowest BCUT2D eigenvalue weighted by Gasteiger charge is -2.03. The molecule has 6 heteroatoms. The lowest BCUT2D eigenvalue weighted by Crippen LogP contribution is -2.01. The van der Waals surface area contributed by atoms with Gasteiger partial charge in [0.15, 0.2) is 0 Å². The molecule has 0 aliphatic heterocycles. The van der Waals surface area contributed by atoms with Crippen LogP contribution in [0.5, 0.6) is 0 Å². The van der Waals surface area contributed by atoms with Crippen molar-refractivity contribution in [2.45, 2.75) is 0 Å². The van der Waals surface area contributed by atoms with Crippen LogP contribution in [-0.4, -0.2) is 5.78 Å². The molecule has 0 saturated carbocycles. The number of carbonyl (C=O) groups is 1. The molecule has 2 nitrogen and oxygen atoms in total. The third-order valence-electron chi connectivity index (χ3n) is 2.14. The molecule has 0 aliphatic carbocycles. The van der Waals surface area contributed by atoms with Crippen molar-refractivity contribution >= 4 is 61.9 Å². The topological polar surface area (TPSA) is 43.1 Å². The van der Waals surface area contributed by atoms with Gasteiger partial charge in [-0.15, -0.1) is 11.3 Å². The summed E-state index contributed by atoms with van der Waals surface area (Å²) >= 11 is 16.4. The molecule has 0 saturated heterocycles. The number of ketones is 1. The van der Waals surface area contributed by atoms with Crippen molar-refractivity contribution < 1.29 is 4.79 Å². The van der Waals surface area contributed by atoms with E-state index in [1.807, 2.05) is 0 Å². The highest BCUT2D eigenvalue weighted by Crippen LogP contribution is 2.34. The first-order chi connectivity index (χ1) is 8.00. The summed E-state index contributed by atoms with van der Waals surface area (Å²) in [5, 5.41) is 0.276. The van der Waals surface area contributed by atoms with Crippen LogP contribution in [0, 0.1) is 0 Å². The molecule has 0 bridgehead atoms. The number of rotatable bonds is 2. The molecule has 0 amide bonds. The van der Waals surface area contributed by atoms with E-state index in [0.717, 1.165) is 0 Å². The molecule has 17 heavy (non-hydrogen) atoms. The molecule has 0 unspecified atom stereocenters. The van der Waals surface area contributed by atoms with Crippen molar-refractivity contribution in [2.24, 2.45) is 0 Å². The third-order valence-corrected chi connectivity index (χ3v) is 5.04. The van der Waals surface area contributed by atoms with Crippen molar-refractivity contribution in [1.82, 2.24) is 0 Å². The van der Waals surface area contributed by atoms with Gasteiger partial charge in [0.25, 0.3) is 0 Å². The molecule has 0 aliphatic rings. The van der Waals surface area contributed by atoms with Gasteiger partial charge in [0.2, 0.25) is 5.78 Å². The van der Waals surface area contributed by atoms with Gasteiger partial charge in [-0.3, -0.25) is 4.79 Å². The first-order valence-corrected chi connectivity index (χ1v) is 6.90. The van der Waals surface area contributed by atoms with Crippen LogP contribution in [0.1, 0.15) is 15.2 Å². The number of halogens is 3. The van der Waals surface area contributed by atoms with E-state index >= 15 is 0 Å². The summed E-state index contributed by atoms with van der Waals surface area (Å²) in [5.74, 6) is -0.181. The molecule has 2 aromatic rings. The van der Waals surface area contributed by atoms with E-state index in [9.17, 15) is 4.79 Å². The number of nitrogen functional groups attached to an aromatic ring is 1. The van der Waals surface area contributed by atoms with Crippen LogP contribution in [0.15, 0.2) is 28.7 Å². The Morgan fingerprint density at radius 3 is 2.65 bits per heavy atom. The number of nitrogens with two attached hydrogens (primary N) is 1. The maximum atomic E-state index is 12.2. The molecule has 1 aromatic heterocycles. The molecule has 0 spiro atoms. The van der Waals surface area contributed by atoms with E-state index < -0.39 is 0 Å². The van der Waals surface area contributed by atoms with Crippen LogP contribution in [0.3, 0.4) is 0 Å². The molecule has 1 heterocycles. The average Bonchev–Trinajstić information content (AvgIpc) is 2.62. The fourth-order valence-corrected chi connectivity index (χ4v) is 3.18. The predicted octanol–water partition coefficient (Wildman–Crippen LogP) is 4.63. The summed E-state index contributed by atoms with van der Waals surface area (Å²) in [4.78, 5) is 12.7. The number of thiophene rings is 1. The quantitative estimate of drug-likeness (QED) is 0.633. The van der Waals surface area contributed by atoms with E-state index in [-0.39, 0.29) is 10.8 Å². The minimum Gasteiger partial charge on any atom is -0.398 e. The maximum absolute atomic E-state index is 12.2. The zero-order valence-electron chi connectivity index (χ0n) is 8.34. The van der Waals surface area contributed by atoms with Crippen LogP contribution < -0.4 is 5.73 Å². The normalized spacial score (nSPS) is 10.5. The van der Waals surface area contributed by atoms with Gasteiger partial charge in [0.1, 0.15) is 4.34 Å². The minimum atomic E-state index is -0.181. The van der Waals surface area contributed by atoms with Gasteiger partial charge in [-0.1, -0.05) is 29.3 Å². The van der Waals surface area contributed by atoms with Gasteiger partial charge in [-0.25, -0.2) is 0 Å². The summed E-state index contributed by atoms with van der Waals surface area (Å²) in [5.41, 5.74) is 6.43. The van der Waals surface area contributed by atoms with E-state index in [4.69, 9.17) is 28.9 Å². The molecule has 88 valence electrons. The van der Waals surface area contributed by atoms with Crippen molar-refractivity contribution in [3.8, 4) is 0 Å². The minimum absolute atomic E-state index is 0.181. The first-order valence-electron chi connectivity index (χ1n) is 4.54. The van der Waals surface area contributed by atoms with Gasteiger partial charge < -0.3 is 5.73 Å².